The summed E-state index contributed by atoms with van der Waals surface area (Å²) in [7, 11) is 0. The molecule has 1 aliphatic carbocycles. The lowest BCUT2D eigenvalue weighted by Gasteiger charge is -2.32. The van der Waals surface area contributed by atoms with Gasteiger partial charge in [-0.15, -0.1) is 0 Å². The molecule has 0 unspecified atom stereocenters. The molecule has 6 nitrogen and oxygen atoms in total. The number of hydrogen-bond acceptors (Lipinski definition) is 4. The van der Waals surface area contributed by atoms with Gasteiger partial charge in [0.25, 0.3) is 11.5 Å². The molecule has 2 aromatic rings. The first kappa shape index (κ1) is 14.7. The second-order valence-electron chi connectivity index (χ2n) is 5.87. The number of nitrogens with one attached hydrogen (secondary N) is 1. The van der Waals surface area contributed by atoms with Crippen molar-refractivity contribution in [1.82, 2.24) is 14.7 Å². The highest BCUT2D eigenvalue weighted by Gasteiger charge is 2.29. The van der Waals surface area contributed by atoms with Gasteiger partial charge in [-0.2, -0.15) is 0 Å². The molecule has 0 bridgehead atoms. The highest BCUT2D eigenvalue weighted by molar-refractivity contribution is 5.93. The standard InChI is InChI=1S/C16H19N3O3/c20-14(18-11-16(22)7-3-1-4-8-16)12-10-17-13-6-2-5-9-19(13)15(12)21/h2,5-6,9-10,22H,1,3-4,7-8,11H2,(H,18,20). The Labute approximate surface area is 127 Å². The van der Waals surface area contributed by atoms with Gasteiger partial charge < -0.3 is 10.4 Å². The number of amides is 1. The van der Waals surface area contributed by atoms with E-state index in [0.29, 0.717) is 18.5 Å². The summed E-state index contributed by atoms with van der Waals surface area (Å²) in [6.07, 6.45) is 7.28. The number of aliphatic hydroxyl groups is 1. The molecule has 116 valence electrons. The van der Waals surface area contributed by atoms with Gasteiger partial charge in [-0.05, 0) is 25.0 Å². The third-order valence-corrected chi connectivity index (χ3v) is 4.22. The van der Waals surface area contributed by atoms with Crippen LogP contribution in [0.2, 0.25) is 0 Å². The van der Waals surface area contributed by atoms with Crippen molar-refractivity contribution in [2.45, 2.75) is 37.7 Å². The normalized spacial score (nSPS) is 17.3. The maximum absolute atomic E-state index is 12.3. The highest BCUT2D eigenvalue weighted by atomic mass is 16.3. The number of nitrogens with zero attached hydrogens (tertiary/aromatic N) is 2. The van der Waals surface area contributed by atoms with Crippen molar-refractivity contribution < 1.29 is 9.90 Å². The minimum atomic E-state index is -0.853. The lowest BCUT2D eigenvalue weighted by atomic mass is 9.85. The van der Waals surface area contributed by atoms with E-state index in [-0.39, 0.29) is 12.1 Å². The van der Waals surface area contributed by atoms with Crippen LogP contribution in [-0.4, -0.2) is 32.5 Å². The fraction of sp³-hybridized carbons (Fsp3) is 0.438. The molecule has 0 atom stereocenters. The van der Waals surface area contributed by atoms with Crippen molar-refractivity contribution >= 4 is 11.6 Å². The molecule has 1 saturated carbocycles. The number of hydrogen-bond donors (Lipinski definition) is 2. The molecular weight excluding hydrogens is 282 g/mol. The van der Waals surface area contributed by atoms with E-state index in [9.17, 15) is 14.7 Å². The molecule has 1 amide bonds. The SMILES string of the molecule is O=C(NCC1(O)CCCCC1)c1cnc2ccccn2c1=O. The van der Waals surface area contributed by atoms with Crippen LogP contribution in [0.1, 0.15) is 42.5 Å². The summed E-state index contributed by atoms with van der Waals surface area (Å²) in [4.78, 5) is 28.6. The van der Waals surface area contributed by atoms with Crippen molar-refractivity contribution in [2.75, 3.05) is 6.54 Å². The fourth-order valence-electron chi connectivity index (χ4n) is 2.91. The lowest BCUT2D eigenvalue weighted by molar-refractivity contribution is 0.00523. The van der Waals surface area contributed by atoms with E-state index < -0.39 is 17.1 Å². The molecule has 6 heteroatoms. The average molecular weight is 301 g/mol. The summed E-state index contributed by atoms with van der Waals surface area (Å²) in [6.45, 7) is 0.169. The van der Waals surface area contributed by atoms with Crippen molar-refractivity contribution in [1.29, 1.82) is 0 Å². The van der Waals surface area contributed by atoms with Crippen molar-refractivity contribution in [3.8, 4) is 0 Å². The quantitative estimate of drug-likeness (QED) is 0.890. The number of fused-ring (bicyclic) bond motifs is 1. The zero-order valence-corrected chi connectivity index (χ0v) is 12.3. The van der Waals surface area contributed by atoms with Gasteiger partial charge in [-0.1, -0.05) is 25.3 Å². The Morgan fingerprint density at radius 2 is 2.09 bits per heavy atom. The first-order valence-corrected chi connectivity index (χ1v) is 7.56. The zero-order chi connectivity index (χ0) is 15.6. The minimum absolute atomic E-state index is 0.0110. The van der Waals surface area contributed by atoms with E-state index in [2.05, 4.69) is 10.3 Å². The summed E-state index contributed by atoms with van der Waals surface area (Å²) < 4.78 is 1.34. The number of rotatable bonds is 3. The molecule has 0 spiro atoms. The van der Waals surface area contributed by atoms with Crippen LogP contribution in [0.5, 0.6) is 0 Å². The molecular formula is C16H19N3O3. The van der Waals surface area contributed by atoms with Crippen LogP contribution in [-0.2, 0) is 0 Å². The highest BCUT2D eigenvalue weighted by Crippen LogP contribution is 2.27. The van der Waals surface area contributed by atoms with Crippen LogP contribution < -0.4 is 10.9 Å². The average Bonchev–Trinajstić information content (AvgIpc) is 2.54. The number of carbonyl (C=O) groups is 1. The molecule has 0 saturated heterocycles. The summed E-state index contributed by atoms with van der Waals surface area (Å²) in [5, 5.41) is 13.1. The number of carbonyl (C=O) groups excluding carboxylic acids is 1. The Kier molecular flexibility index (Phi) is 3.94. The third kappa shape index (κ3) is 2.87. The van der Waals surface area contributed by atoms with Crippen molar-refractivity contribution in [3.05, 3.63) is 46.5 Å². The molecule has 0 radical (unpaired) electrons. The molecule has 22 heavy (non-hydrogen) atoms. The first-order valence-electron chi connectivity index (χ1n) is 7.56. The third-order valence-electron chi connectivity index (χ3n) is 4.22. The van der Waals surface area contributed by atoms with Gasteiger partial charge in [0.2, 0.25) is 0 Å². The van der Waals surface area contributed by atoms with Crippen LogP contribution in [0.3, 0.4) is 0 Å². The van der Waals surface area contributed by atoms with Crippen LogP contribution in [0.4, 0.5) is 0 Å². The second kappa shape index (κ2) is 5.88. The van der Waals surface area contributed by atoms with Gasteiger partial charge in [0.1, 0.15) is 11.2 Å². The Morgan fingerprint density at radius 3 is 2.86 bits per heavy atom. The number of pyridine rings is 1. The van der Waals surface area contributed by atoms with Gasteiger partial charge >= 0.3 is 0 Å². The van der Waals surface area contributed by atoms with Crippen molar-refractivity contribution in [3.63, 3.8) is 0 Å². The van der Waals surface area contributed by atoms with E-state index in [1.807, 2.05) is 0 Å². The Morgan fingerprint density at radius 1 is 1.32 bits per heavy atom. The molecule has 2 heterocycles. The predicted octanol–water partition coefficient (Wildman–Crippen LogP) is 1.12. The monoisotopic (exact) mass is 301 g/mol. The summed E-state index contributed by atoms with van der Waals surface area (Å²) in [6, 6.07) is 5.19. The second-order valence-corrected chi connectivity index (χ2v) is 5.87. The van der Waals surface area contributed by atoms with E-state index in [1.54, 1.807) is 24.4 Å². The first-order chi connectivity index (χ1) is 10.6. The summed E-state index contributed by atoms with van der Waals surface area (Å²) >= 11 is 0. The van der Waals surface area contributed by atoms with Crippen LogP contribution in [0.25, 0.3) is 5.65 Å². The zero-order valence-electron chi connectivity index (χ0n) is 12.3. The Hall–Kier alpha value is -2.21. The number of aromatic nitrogens is 2. The maximum Gasteiger partial charge on any atom is 0.270 e. The van der Waals surface area contributed by atoms with Crippen LogP contribution in [0.15, 0.2) is 35.4 Å². The van der Waals surface area contributed by atoms with Crippen LogP contribution >= 0.6 is 0 Å². The Bertz CT molecular complexity index is 748. The molecule has 2 aromatic heterocycles. The molecule has 0 aromatic carbocycles. The van der Waals surface area contributed by atoms with Gasteiger partial charge in [-0.3, -0.25) is 14.0 Å². The largest absolute Gasteiger partial charge is 0.388 e. The van der Waals surface area contributed by atoms with E-state index in [1.165, 1.54) is 10.6 Å². The van der Waals surface area contributed by atoms with Crippen molar-refractivity contribution in [2.24, 2.45) is 0 Å². The lowest BCUT2D eigenvalue weighted by Crippen LogP contribution is -2.45. The predicted molar refractivity (Wildman–Crippen MR) is 81.8 cm³/mol. The summed E-state index contributed by atoms with van der Waals surface area (Å²) in [5.74, 6) is -0.491. The smallest absolute Gasteiger partial charge is 0.270 e. The van der Waals surface area contributed by atoms with Crippen LogP contribution in [0, 0.1) is 0 Å². The van der Waals surface area contributed by atoms with Gasteiger partial charge in [-0.25, -0.2) is 4.98 Å². The molecule has 0 aliphatic heterocycles. The van der Waals surface area contributed by atoms with E-state index in [0.717, 1.165) is 19.3 Å². The van der Waals surface area contributed by atoms with E-state index >= 15 is 0 Å². The van der Waals surface area contributed by atoms with Gasteiger partial charge in [0, 0.05) is 18.9 Å². The molecule has 2 N–H and O–H groups in total. The van der Waals surface area contributed by atoms with E-state index in [4.69, 9.17) is 0 Å². The van der Waals surface area contributed by atoms with Gasteiger partial charge in [0.15, 0.2) is 0 Å². The fourth-order valence-corrected chi connectivity index (χ4v) is 2.91. The summed E-state index contributed by atoms with van der Waals surface area (Å²) in [5.41, 5.74) is -0.772. The molecule has 3 rings (SSSR count). The molecule has 1 fully saturated rings. The molecule has 1 aliphatic rings. The van der Waals surface area contributed by atoms with Gasteiger partial charge in [0.05, 0.1) is 5.60 Å². The Balaban J connectivity index is 1.78. The maximum atomic E-state index is 12.3. The minimum Gasteiger partial charge on any atom is -0.388 e. The topological polar surface area (TPSA) is 83.7 Å².